The number of pyridine rings is 2. The molecule has 5 heterocycles. The molecule has 2 aliphatic rings. The van der Waals surface area contributed by atoms with Crippen LogP contribution in [0.2, 0.25) is 0 Å². The van der Waals surface area contributed by atoms with E-state index in [4.69, 9.17) is 0 Å². The molecule has 3 N–H and O–H groups in total. The Labute approximate surface area is 209 Å². The molecule has 0 radical (unpaired) electrons. The Bertz CT molecular complexity index is 1580. The lowest BCUT2D eigenvalue weighted by Gasteiger charge is -2.29. The molecule has 1 aliphatic heterocycles. The Hall–Kier alpha value is -4.13. The molecule has 0 bridgehead atoms. The van der Waals surface area contributed by atoms with Crippen LogP contribution in [0.1, 0.15) is 32.1 Å². The maximum absolute atomic E-state index is 4.68. The van der Waals surface area contributed by atoms with E-state index in [9.17, 15) is 0 Å². The van der Waals surface area contributed by atoms with E-state index >= 15 is 0 Å². The fraction of sp³-hybridized carbons (Fsp3) is 0.276. The molecule has 2 fully saturated rings. The van der Waals surface area contributed by atoms with Crippen LogP contribution in [0.15, 0.2) is 67.3 Å². The van der Waals surface area contributed by atoms with Gasteiger partial charge in [-0.25, -0.2) is 4.98 Å². The predicted octanol–water partition coefficient (Wildman–Crippen LogP) is 6.49. The average Bonchev–Trinajstić information content (AvgIpc) is 3.55. The third-order valence-electron chi connectivity index (χ3n) is 7.47. The van der Waals surface area contributed by atoms with E-state index in [0.717, 1.165) is 68.9 Å². The highest BCUT2D eigenvalue weighted by Gasteiger charge is 2.24. The van der Waals surface area contributed by atoms with Crippen LogP contribution >= 0.6 is 0 Å². The maximum Gasteiger partial charge on any atom is 0.139 e. The second-order valence-corrected chi connectivity index (χ2v) is 10.0. The molecule has 0 unspecified atom stereocenters. The van der Waals surface area contributed by atoms with Crippen molar-refractivity contribution in [2.45, 2.75) is 32.1 Å². The minimum Gasteiger partial charge on any atom is -0.371 e. The number of aromatic amines is 2. The molecule has 180 valence electrons. The molecule has 1 aliphatic carbocycles. The van der Waals surface area contributed by atoms with Gasteiger partial charge in [0.05, 0.1) is 23.1 Å². The summed E-state index contributed by atoms with van der Waals surface area (Å²) < 4.78 is 0. The largest absolute Gasteiger partial charge is 0.371 e. The zero-order valence-corrected chi connectivity index (χ0v) is 20.2. The van der Waals surface area contributed by atoms with E-state index in [1.54, 1.807) is 0 Å². The van der Waals surface area contributed by atoms with Crippen molar-refractivity contribution in [2.75, 3.05) is 23.3 Å². The summed E-state index contributed by atoms with van der Waals surface area (Å²) in [6.07, 6.45) is 11.9. The topological polar surface area (TPSA) is 85.5 Å². The van der Waals surface area contributed by atoms with Gasteiger partial charge >= 0.3 is 0 Å². The number of fused-ring (bicyclic) bond motifs is 2. The summed E-state index contributed by atoms with van der Waals surface area (Å²) in [6, 6.07) is 12.9. The van der Waals surface area contributed by atoms with Crippen molar-refractivity contribution in [2.24, 2.45) is 5.92 Å². The van der Waals surface area contributed by atoms with Gasteiger partial charge in [0.2, 0.25) is 0 Å². The number of anilines is 2. The first-order chi connectivity index (χ1) is 17.7. The molecule has 1 saturated carbocycles. The first kappa shape index (κ1) is 21.2. The highest BCUT2D eigenvalue weighted by molar-refractivity contribution is 5.99. The van der Waals surface area contributed by atoms with E-state index in [1.165, 1.54) is 37.8 Å². The average molecular weight is 476 g/mol. The molecule has 7 nitrogen and oxygen atoms in total. The van der Waals surface area contributed by atoms with Crippen LogP contribution in [-0.4, -0.2) is 38.2 Å². The number of rotatable bonds is 6. The van der Waals surface area contributed by atoms with Crippen LogP contribution in [0.5, 0.6) is 0 Å². The smallest absolute Gasteiger partial charge is 0.139 e. The minimum atomic E-state index is 0.597. The van der Waals surface area contributed by atoms with Gasteiger partial charge < -0.3 is 15.2 Å². The molecule has 36 heavy (non-hydrogen) atoms. The summed E-state index contributed by atoms with van der Waals surface area (Å²) in [4.78, 5) is 15.1. The molecule has 7 heteroatoms. The summed E-state index contributed by atoms with van der Waals surface area (Å²) in [5, 5.41) is 13.5. The Balaban J connectivity index is 1.25. The van der Waals surface area contributed by atoms with Crippen molar-refractivity contribution in [3.63, 3.8) is 0 Å². The van der Waals surface area contributed by atoms with Crippen LogP contribution in [0.25, 0.3) is 44.5 Å². The van der Waals surface area contributed by atoms with Gasteiger partial charge in [-0.2, -0.15) is 5.10 Å². The van der Waals surface area contributed by atoms with Gasteiger partial charge in [-0.15, -0.1) is 0 Å². The van der Waals surface area contributed by atoms with Gasteiger partial charge in [0.15, 0.2) is 0 Å². The first-order valence-corrected chi connectivity index (χ1v) is 12.9. The molecule has 0 spiro atoms. The summed E-state index contributed by atoms with van der Waals surface area (Å²) in [5.74, 6) is 0.597. The number of benzene rings is 1. The second kappa shape index (κ2) is 8.52. The number of aromatic nitrogens is 5. The van der Waals surface area contributed by atoms with Gasteiger partial charge in [0.25, 0.3) is 0 Å². The fourth-order valence-electron chi connectivity index (χ4n) is 5.34. The Kier molecular flexibility index (Phi) is 5.01. The minimum absolute atomic E-state index is 0.597. The molecule has 7 rings (SSSR count). The fourth-order valence-corrected chi connectivity index (χ4v) is 5.34. The van der Waals surface area contributed by atoms with Crippen molar-refractivity contribution in [1.82, 2.24) is 25.1 Å². The molecule has 1 aromatic carbocycles. The highest BCUT2D eigenvalue weighted by Crippen LogP contribution is 2.37. The van der Waals surface area contributed by atoms with Crippen molar-refractivity contribution < 1.29 is 0 Å². The lowest BCUT2D eigenvalue weighted by molar-refractivity contribution is 0.579. The van der Waals surface area contributed by atoms with E-state index in [0.29, 0.717) is 5.92 Å². The van der Waals surface area contributed by atoms with Crippen LogP contribution in [0, 0.1) is 5.92 Å². The molecule has 1 saturated heterocycles. The van der Waals surface area contributed by atoms with Crippen molar-refractivity contribution >= 4 is 33.3 Å². The van der Waals surface area contributed by atoms with Gasteiger partial charge in [0, 0.05) is 53.2 Å². The first-order valence-electron chi connectivity index (χ1n) is 12.9. The maximum atomic E-state index is 4.68. The van der Waals surface area contributed by atoms with E-state index in [1.807, 2.05) is 18.6 Å². The lowest BCUT2D eigenvalue weighted by Crippen LogP contribution is -2.29. The van der Waals surface area contributed by atoms with Crippen LogP contribution in [-0.2, 0) is 0 Å². The number of hydrogen-bond acceptors (Lipinski definition) is 5. The van der Waals surface area contributed by atoms with E-state index < -0.39 is 0 Å². The summed E-state index contributed by atoms with van der Waals surface area (Å²) in [7, 11) is 0. The number of H-pyrrole nitrogens is 2. The Morgan fingerprint density at radius 2 is 1.86 bits per heavy atom. The Morgan fingerprint density at radius 3 is 2.72 bits per heavy atom. The molecular formula is C29H29N7. The van der Waals surface area contributed by atoms with Gasteiger partial charge in [-0.05, 0) is 73.9 Å². The number of piperidine rings is 1. The summed E-state index contributed by atoms with van der Waals surface area (Å²) in [6.45, 7) is 6.39. The normalized spacial score (nSPS) is 16.1. The zero-order chi connectivity index (χ0) is 24.1. The lowest BCUT2D eigenvalue weighted by atomic mass is 10.0. The van der Waals surface area contributed by atoms with E-state index in [2.05, 4.69) is 78.3 Å². The monoisotopic (exact) mass is 475 g/mol. The second-order valence-electron chi connectivity index (χ2n) is 10.0. The number of nitrogens with one attached hydrogen (secondary N) is 3. The Morgan fingerprint density at radius 1 is 0.972 bits per heavy atom. The van der Waals surface area contributed by atoms with Gasteiger partial charge in [-0.3, -0.25) is 10.1 Å². The van der Waals surface area contributed by atoms with Crippen LogP contribution < -0.4 is 10.2 Å². The van der Waals surface area contributed by atoms with Crippen LogP contribution in [0.3, 0.4) is 0 Å². The molecular weight excluding hydrogens is 446 g/mol. The third-order valence-corrected chi connectivity index (χ3v) is 7.47. The standard InChI is InChI=1S/C29H29N7/c1-18(19-5-6-19)32-22-13-21(16-30-17-22)20-7-8-25-23(14-20)28(35-34-25)26-15-24-27(9-10-31-29(24)33-26)36-11-3-2-4-12-36/h7-10,13-17,19,32H,1-6,11-12H2,(H,31,33)(H,34,35). The SMILES string of the molecule is C=C(Nc1cncc(-c2ccc3[nH]nc(-c4cc5c(N6CCCCC6)ccnc5[nH]4)c3c2)c1)C1CC1. The highest BCUT2D eigenvalue weighted by atomic mass is 15.1. The predicted molar refractivity (Wildman–Crippen MR) is 146 cm³/mol. The van der Waals surface area contributed by atoms with Crippen molar-refractivity contribution in [3.8, 4) is 22.5 Å². The molecule has 4 aromatic heterocycles. The number of hydrogen-bond donors (Lipinski definition) is 3. The van der Waals surface area contributed by atoms with Crippen molar-refractivity contribution in [3.05, 3.63) is 67.3 Å². The van der Waals surface area contributed by atoms with E-state index in [-0.39, 0.29) is 0 Å². The quantitative estimate of drug-likeness (QED) is 0.261. The van der Waals surface area contributed by atoms with Gasteiger partial charge in [0.1, 0.15) is 11.3 Å². The van der Waals surface area contributed by atoms with Crippen LogP contribution in [0.4, 0.5) is 11.4 Å². The summed E-state index contributed by atoms with van der Waals surface area (Å²) in [5.41, 5.74) is 9.25. The van der Waals surface area contributed by atoms with Crippen molar-refractivity contribution in [1.29, 1.82) is 0 Å². The molecule has 0 atom stereocenters. The van der Waals surface area contributed by atoms with Gasteiger partial charge in [-0.1, -0.05) is 12.6 Å². The zero-order valence-electron chi connectivity index (χ0n) is 20.2. The molecule has 5 aromatic rings. The number of allylic oxidation sites excluding steroid dienone is 1. The number of nitrogens with zero attached hydrogens (tertiary/aromatic N) is 4. The third kappa shape index (κ3) is 3.81. The summed E-state index contributed by atoms with van der Waals surface area (Å²) >= 11 is 0. The molecule has 0 amide bonds.